The van der Waals surface area contributed by atoms with Gasteiger partial charge in [0.2, 0.25) is 5.91 Å². The van der Waals surface area contributed by atoms with Gasteiger partial charge in [-0.25, -0.2) is 4.79 Å². The fourth-order valence-electron chi connectivity index (χ4n) is 4.49. The van der Waals surface area contributed by atoms with Crippen LogP contribution in [0.1, 0.15) is 49.7 Å². The summed E-state index contributed by atoms with van der Waals surface area (Å²) in [6.07, 6.45) is 1.28. The SMILES string of the molecule is CC(O)(CNC(=O)C(CC1CC1)NC(=O)OCC1c2ccccc2-c2ccccc21)CC(=O)O. The number of nitrogens with one attached hydrogen (secondary N) is 2. The normalized spacial score (nSPS) is 17.1. The minimum atomic E-state index is -1.59. The maximum Gasteiger partial charge on any atom is 0.407 e. The molecule has 0 aromatic heterocycles. The van der Waals surface area contributed by atoms with Crippen molar-refractivity contribution in [3.8, 4) is 11.1 Å². The van der Waals surface area contributed by atoms with Crippen molar-refractivity contribution in [3.05, 3.63) is 59.7 Å². The Morgan fingerprint density at radius 3 is 2.21 bits per heavy atom. The Morgan fingerprint density at radius 2 is 1.65 bits per heavy atom. The van der Waals surface area contributed by atoms with Crippen molar-refractivity contribution in [1.82, 2.24) is 10.6 Å². The zero-order valence-electron chi connectivity index (χ0n) is 19.1. The molecular weight excluding hydrogens is 436 g/mol. The Kier molecular flexibility index (Phi) is 6.88. The highest BCUT2D eigenvalue weighted by atomic mass is 16.5. The number of carbonyl (C=O) groups excluding carboxylic acids is 2. The Balaban J connectivity index is 1.36. The van der Waals surface area contributed by atoms with Crippen molar-refractivity contribution in [3.63, 3.8) is 0 Å². The molecule has 2 unspecified atom stereocenters. The van der Waals surface area contributed by atoms with Crippen LogP contribution in [-0.4, -0.2) is 53.0 Å². The first kappa shape index (κ1) is 23.8. The second kappa shape index (κ2) is 9.85. The van der Waals surface area contributed by atoms with E-state index in [0.29, 0.717) is 12.3 Å². The Bertz CT molecular complexity index is 1030. The first-order chi connectivity index (χ1) is 16.2. The first-order valence-electron chi connectivity index (χ1n) is 11.6. The monoisotopic (exact) mass is 466 g/mol. The van der Waals surface area contributed by atoms with Crippen LogP contribution >= 0.6 is 0 Å². The average Bonchev–Trinajstić information content (AvgIpc) is 3.55. The van der Waals surface area contributed by atoms with Crippen molar-refractivity contribution < 1.29 is 29.3 Å². The molecule has 2 aromatic carbocycles. The fourth-order valence-corrected chi connectivity index (χ4v) is 4.49. The molecule has 4 N–H and O–H groups in total. The number of carboxylic acid groups (broad SMARTS) is 1. The number of aliphatic hydroxyl groups is 1. The molecule has 0 heterocycles. The van der Waals surface area contributed by atoms with Gasteiger partial charge in [0.05, 0.1) is 12.0 Å². The van der Waals surface area contributed by atoms with Crippen molar-refractivity contribution in [2.24, 2.45) is 5.92 Å². The molecule has 8 nitrogen and oxygen atoms in total. The summed E-state index contributed by atoms with van der Waals surface area (Å²) in [4.78, 5) is 36.3. The molecule has 0 radical (unpaired) electrons. The summed E-state index contributed by atoms with van der Waals surface area (Å²) in [7, 11) is 0. The summed E-state index contributed by atoms with van der Waals surface area (Å²) in [5, 5.41) is 24.3. The third-order valence-electron chi connectivity index (χ3n) is 6.39. The summed E-state index contributed by atoms with van der Waals surface area (Å²) in [6.45, 7) is 1.26. The second-order valence-corrected chi connectivity index (χ2v) is 9.49. The quantitative estimate of drug-likeness (QED) is 0.427. The number of amides is 2. The van der Waals surface area contributed by atoms with Gasteiger partial charge in [-0.15, -0.1) is 0 Å². The van der Waals surface area contributed by atoms with Crippen molar-refractivity contribution >= 4 is 18.0 Å². The molecule has 0 spiro atoms. The standard InChI is InChI=1S/C26H30N2O6/c1-26(33,13-23(29)30)15-27-24(31)22(12-16-10-11-16)28-25(32)34-14-21-19-8-4-2-6-17(19)18-7-3-5-9-20(18)21/h2-9,16,21-22,33H,10-15H2,1H3,(H,27,31)(H,28,32)(H,29,30). The van der Waals surface area contributed by atoms with Gasteiger partial charge in [-0.2, -0.15) is 0 Å². The lowest BCUT2D eigenvalue weighted by atomic mass is 9.98. The van der Waals surface area contributed by atoms with E-state index >= 15 is 0 Å². The number of rotatable bonds is 10. The van der Waals surface area contributed by atoms with Crippen LogP contribution in [0.5, 0.6) is 0 Å². The van der Waals surface area contributed by atoms with Crippen LogP contribution in [0.15, 0.2) is 48.5 Å². The lowest BCUT2D eigenvalue weighted by Gasteiger charge is -2.24. The summed E-state index contributed by atoms with van der Waals surface area (Å²) < 4.78 is 5.56. The minimum Gasteiger partial charge on any atom is -0.481 e. The summed E-state index contributed by atoms with van der Waals surface area (Å²) in [5.41, 5.74) is 2.88. The number of fused-ring (bicyclic) bond motifs is 3. The third kappa shape index (κ3) is 5.75. The molecule has 2 amide bonds. The number of benzene rings is 2. The van der Waals surface area contributed by atoms with Gasteiger partial charge in [0, 0.05) is 12.5 Å². The molecule has 0 aliphatic heterocycles. The van der Waals surface area contributed by atoms with Crippen LogP contribution in [0, 0.1) is 5.92 Å². The number of alkyl carbamates (subject to hydrolysis) is 1. The van der Waals surface area contributed by atoms with Crippen LogP contribution in [-0.2, 0) is 14.3 Å². The molecule has 8 heteroatoms. The third-order valence-corrected chi connectivity index (χ3v) is 6.39. The number of ether oxygens (including phenoxy) is 1. The molecule has 1 fully saturated rings. The lowest BCUT2D eigenvalue weighted by molar-refractivity contribution is -0.142. The molecule has 4 rings (SSSR count). The van der Waals surface area contributed by atoms with Gasteiger partial charge in [0.15, 0.2) is 0 Å². The van der Waals surface area contributed by atoms with E-state index in [9.17, 15) is 19.5 Å². The first-order valence-corrected chi connectivity index (χ1v) is 11.6. The van der Waals surface area contributed by atoms with Crippen LogP contribution in [0.3, 0.4) is 0 Å². The van der Waals surface area contributed by atoms with E-state index in [2.05, 4.69) is 22.8 Å². The smallest absolute Gasteiger partial charge is 0.407 e. The number of aliphatic carboxylic acids is 1. The van der Waals surface area contributed by atoms with E-state index in [1.807, 2.05) is 36.4 Å². The molecule has 2 aromatic rings. The topological polar surface area (TPSA) is 125 Å². The fraction of sp³-hybridized carbons (Fsp3) is 0.423. The van der Waals surface area contributed by atoms with Crippen LogP contribution < -0.4 is 10.6 Å². The van der Waals surface area contributed by atoms with E-state index in [4.69, 9.17) is 9.84 Å². The zero-order valence-corrected chi connectivity index (χ0v) is 19.1. The van der Waals surface area contributed by atoms with Crippen LogP contribution in [0.2, 0.25) is 0 Å². The number of hydrogen-bond donors (Lipinski definition) is 4. The van der Waals surface area contributed by atoms with Crippen molar-refractivity contribution in [2.45, 2.75) is 50.2 Å². The van der Waals surface area contributed by atoms with E-state index < -0.39 is 36.0 Å². The van der Waals surface area contributed by atoms with Crippen LogP contribution in [0.4, 0.5) is 4.79 Å². The molecule has 2 aliphatic carbocycles. The molecule has 1 saturated carbocycles. The highest BCUT2D eigenvalue weighted by Gasteiger charge is 2.33. The van der Waals surface area contributed by atoms with Gasteiger partial charge in [0.1, 0.15) is 12.6 Å². The predicted molar refractivity (Wildman–Crippen MR) is 125 cm³/mol. The van der Waals surface area contributed by atoms with E-state index in [1.54, 1.807) is 0 Å². The van der Waals surface area contributed by atoms with Gasteiger partial charge in [0.25, 0.3) is 0 Å². The molecule has 0 saturated heterocycles. The largest absolute Gasteiger partial charge is 0.481 e. The predicted octanol–water partition coefficient (Wildman–Crippen LogP) is 3.04. The molecule has 34 heavy (non-hydrogen) atoms. The minimum absolute atomic E-state index is 0.0834. The summed E-state index contributed by atoms with van der Waals surface area (Å²) >= 11 is 0. The highest BCUT2D eigenvalue weighted by Crippen LogP contribution is 2.44. The van der Waals surface area contributed by atoms with Gasteiger partial charge < -0.3 is 25.6 Å². The van der Waals surface area contributed by atoms with Gasteiger partial charge >= 0.3 is 12.1 Å². The van der Waals surface area contributed by atoms with Crippen LogP contribution in [0.25, 0.3) is 11.1 Å². The van der Waals surface area contributed by atoms with Gasteiger partial charge in [-0.3, -0.25) is 9.59 Å². The number of hydrogen-bond acceptors (Lipinski definition) is 5. The lowest BCUT2D eigenvalue weighted by Crippen LogP contribution is -2.51. The Hall–Kier alpha value is -3.39. The molecular formula is C26H30N2O6. The van der Waals surface area contributed by atoms with E-state index in [1.165, 1.54) is 6.92 Å². The van der Waals surface area contributed by atoms with Crippen molar-refractivity contribution in [2.75, 3.05) is 13.2 Å². The van der Waals surface area contributed by atoms with E-state index in [-0.39, 0.29) is 19.1 Å². The average molecular weight is 467 g/mol. The van der Waals surface area contributed by atoms with Crippen molar-refractivity contribution in [1.29, 1.82) is 0 Å². The zero-order chi connectivity index (χ0) is 24.3. The highest BCUT2D eigenvalue weighted by molar-refractivity contribution is 5.86. The number of carbonyl (C=O) groups is 3. The maximum absolute atomic E-state index is 12.7. The summed E-state index contributed by atoms with van der Waals surface area (Å²) in [5.74, 6) is -1.36. The maximum atomic E-state index is 12.7. The molecule has 180 valence electrons. The Morgan fingerprint density at radius 1 is 1.06 bits per heavy atom. The summed E-state index contributed by atoms with van der Waals surface area (Å²) in [6, 6.07) is 15.3. The van der Waals surface area contributed by atoms with Gasteiger partial charge in [-0.1, -0.05) is 61.4 Å². The molecule has 0 bridgehead atoms. The van der Waals surface area contributed by atoms with Gasteiger partial charge in [-0.05, 0) is 41.5 Å². The second-order valence-electron chi connectivity index (χ2n) is 9.49. The molecule has 2 atom stereocenters. The Labute approximate surface area is 198 Å². The molecule has 2 aliphatic rings. The van der Waals surface area contributed by atoms with E-state index in [0.717, 1.165) is 35.1 Å². The number of carboxylic acids is 1.